The third-order valence-electron chi connectivity index (χ3n) is 4.23. The van der Waals surface area contributed by atoms with Crippen LogP contribution in [0.2, 0.25) is 0 Å². The Balaban J connectivity index is 2.53. The van der Waals surface area contributed by atoms with Crippen molar-refractivity contribution in [2.24, 2.45) is 0 Å². The molecule has 2 N–H and O–H groups in total. The van der Waals surface area contributed by atoms with Crippen molar-refractivity contribution in [1.82, 2.24) is 15.1 Å². The fourth-order valence-electron chi connectivity index (χ4n) is 2.89. The van der Waals surface area contributed by atoms with Gasteiger partial charge in [-0.15, -0.1) is 0 Å². The van der Waals surface area contributed by atoms with Crippen molar-refractivity contribution in [1.29, 1.82) is 0 Å². The van der Waals surface area contributed by atoms with E-state index in [-0.39, 0.29) is 0 Å². The van der Waals surface area contributed by atoms with Gasteiger partial charge in [-0.2, -0.15) is 0 Å². The summed E-state index contributed by atoms with van der Waals surface area (Å²) >= 11 is 0. The molecule has 5 nitrogen and oxygen atoms in total. The Hall–Kier alpha value is -0.650. The first-order valence-corrected chi connectivity index (χ1v) is 7.34. The van der Waals surface area contributed by atoms with E-state index >= 15 is 0 Å². The Bertz CT molecular complexity index is 290. The molecule has 19 heavy (non-hydrogen) atoms. The van der Waals surface area contributed by atoms with Crippen LogP contribution in [0.15, 0.2) is 0 Å². The van der Waals surface area contributed by atoms with Gasteiger partial charge in [0.25, 0.3) is 0 Å². The number of carbonyl (C=O) groups is 1. The molecule has 0 saturated carbocycles. The van der Waals surface area contributed by atoms with Gasteiger partial charge in [0, 0.05) is 12.6 Å². The summed E-state index contributed by atoms with van der Waals surface area (Å²) in [5.41, 5.74) is -0.856. The first-order chi connectivity index (χ1) is 8.92. The number of hydrogen-bond donors (Lipinski definition) is 2. The minimum absolute atomic E-state index is 0.500. The number of nitrogens with one attached hydrogen (secondary N) is 1. The molecule has 0 spiro atoms. The predicted molar refractivity (Wildman–Crippen MR) is 77.5 cm³/mol. The lowest BCUT2D eigenvalue weighted by atomic mass is 9.98. The standard InChI is InChI=1S/C14H29N3O2/c1-5-15-14(3,13(18)19)11-16(4)12-7-9-17(6-2)10-8-12/h12,15H,5-11H2,1-4H3,(H,18,19). The van der Waals surface area contributed by atoms with E-state index in [1.54, 1.807) is 6.92 Å². The number of nitrogens with zero attached hydrogens (tertiary/aromatic N) is 2. The first kappa shape index (κ1) is 16.4. The van der Waals surface area contributed by atoms with Crippen molar-refractivity contribution < 1.29 is 9.90 Å². The van der Waals surface area contributed by atoms with E-state index in [1.807, 2.05) is 14.0 Å². The molecule has 0 amide bonds. The van der Waals surface area contributed by atoms with E-state index in [2.05, 4.69) is 22.0 Å². The highest BCUT2D eigenvalue weighted by molar-refractivity contribution is 5.78. The molecule has 1 saturated heterocycles. The topological polar surface area (TPSA) is 55.8 Å². The molecule has 1 rings (SSSR count). The summed E-state index contributed by atoms with van der Waals surface area (Å²) in [5.74, 6) is -0.771. The zero-order valence-electron chi connectivity index (χ0n) is 12.8. The highest BCUT2D eigenvalue weighted by Gasteiger charge is 2.35. The van der Waals surface area contributed by atoms with Crippen molar-refractivity contribution in [3.05, 3.63) is 0 Å². The molecule has 0 aromatic rings. The molecular weight excluding hydrogens is 242 g/mol. The number of hydrogen-bond acceptors (Lipinski definition) is 4. The number of likely N-dealkylation sites (tertiary alicyclic amines) is 1. The summed E-state index contributed by atoms with van der Waals surface area (Å²) in [6.07, 6.45) is 2.26. The van der Waals surface area contributed by atoms with Crippen LogP contribution < -0.4 is 5.32 Å². The third-order valence-corrected chi connectivity index (χ3v) is 4.23. The van der Waals surface area contributed by atoms with Gasteiger partial charge in [0.15, 0.2) is 0 Å². The van der Waals surface area contributed by atoms with Crippen molar-refractivity contribution >= 4 is 5.97 Å². The van der Waals surface area contributed by atoms with E-state index in [1.165, 1.54) is 0 Å². The molecule has 1 aliphatic heterocycles. The largest absolute Gasteiger partial charge is 0.480 e. The van der Waals surface area contributed by atoms with Gasteiger partial charge in [-0.3, -0.25) is 4.79 Å². The lowest BCUT2D eigenvalue weighted by Crippen LogP contribution is -2.58. The number of aliphatic carboxylic acids is 1. The lowest BCUT2D eigenvalue weighted by molar-refractivity contribution is -0.145. The molecule has 1 heterocycles. The van der Waals surface area contributed by atoms with Crippen LogP contribution in [-0.2, 0) is 4.79 Å². The van der Waals surface area contributed by atoms with Gasteiger partial charge in [-0.1, -0.05) is 13.8 Å². The maximum Gasteiger partial charge on any atom is 0.324 e. The van der Waals surface area contributed by atoms with Crippen LogP contribution in [0.5, 0.6) is 0 Å². The summed E-state index contributed by atoms with van der Waals surface area (Å²) in [6, 6.07) is 0.500. The Morgan fingerprint density at radius 3 is 2.42 bits per heavy atom. The van der Waals surface area contributed by atoms with Gasteiger partial charge < -0.3 is 20.2 Å². The van der Waals surface area contributed by atoms with E-state index in [4.69, 9.17) is 0 Å². The van der Waals surface area contributed by atoms with E-state index in [9.17, 15) is 9.90 Å². The molecule has 0 aliphatic carbocycles. The van der Waals surface area contributed by atoms with Crippen molar-refractivity contribution in [2.45, 2.75) is 45.2 Å². The monoisotopic (exact) mass is 271 g/mol. The van der Waals surface area contributed by atoms with Crippen LogP contribution in [-0.4, -0.2) is 72.2 Å². The number of carboxylic acids is 1. The van der Waals surface area contributed by atoms with Crippen LogP contribution >= 0.6 is 0 Å². The SMILES string of the molecule is CCNC(C)(CN(C)C1CCN(CC)CC1)C(=O)O. The summed E-state index contributed by atoms with van der Waals surface area (Å²) in [7, 11) is 2.05. The Kier molecular flexibility index (Phi) is 6.23. The maximum atomic E-state index is 11.4. The van der Waals surface area contributed by atoms with Gasteiger partial charge >= 0.3 is 5.97 Å². The van der Waals surface area contributed by atoms with Gasteiger partial charge in [-0.05, 0) is 53.0 Å². The summed E-state index contributed by atoms with van der Waals surface area (Å²) in [6.45, 7) is 10.5. The van der Waals surface area contributed by atoms with Gasteiger partial charge in [0.05, 0.1) is 0 Å². The first-order valence-electron chi connectivity index (χ1n) is 7.34. The van der Waals surface area contributed by atoms with Crippen molar-refractivity contribution in [3.8, 4) is 0 Å². The zero-order chi connectivity index (χ0) is 14.5. The second-order valence-electron chi connectivity index (χ2n) is 5.75. The minimum Gasteiger partial charge on any atom is -0.480 e. The Morgan fingerprint density at radius 1 is 1.42 bits per heavy atom. The number of carboxylic acid groups (broad SMARTS) is 1. The fourth-order valence-corrected chi connectivity index (χ4v) is 2.89. The second kappa shape index (κ2) is 7.22. The average Bonchev–Trinajstić information content (AvgIpc) is 2.38. The van der Waals surface area contributed by atoms with Crippen molar-refractivity contribution in [2.75, 3.05) is 39.8 Å². The minimum atomic E-state index is -0.856. The van der Waals surface area contributed by atoms with Gasteiger partial charge in [-0.25, -0.2) is 0 Å². The number of likely N-dealkylation sites (N-methyl/N-ethyl adjacent to an activating group) is 2. The predicted octanol–water partition coefficient (Wildman–Crippen LogP) is 0.855. The number of piperidine rings is 1. The molecule has 1 atom stereocenters. The highest BCUT2D eigenvalue weighted by Crippen LogP contribution is 2.17. The van der Waals surface area contributed by atoms with Crippen LogP contribution in [0.3, 0.4) is 0 Å². The molecule has 112 valence electrons. The van der Waals surface area contributed by atoms with Gasteiger partial charge in [0.1, 0.15) is 5.54 Å². The van der Waals surface area contributed by atoms with Crippen molar-refractivity contribution in [3.63, 3.8) is 0 Å². The summed E-state index contributed by atoms with van der Waals surface area (Å²) in [5, 5.41) is 12.5. The quantitative estimate of drug-likeness (QED) is 0.719. The molecule has 0 aromatic heterocycles. The highest BCUT2D eigenvalue weighted by atomic mass is 16.4. The average molecular weight is 271 g/mol. The van der Waals surface area contributed by atoms with Crippen LogP contribution in [0.4, 0.5) is 0 Å². The third kappa shape index (κ3) is 4.44. The van der Waals surface area contributed by atoms with Crippen LogP contribution in [0.1, 0.15) is 33.6 Å². The Labute approximate surface area is 117 Å². The van der Waals surface area contributed by atoms with E-state index < -0.39 is 11.5 Å². The molecule has 1 unspecified atom stereocenters. The molecule has 0 bridgehead atoms. The summed E-state index contributed by atoms with van der Waals surface area (Å²) in [4.78, 5) is 16.1. The van der Waals surface area contributed by atoms with Gasteiger partial charge in [0.2, 0.25) is 0 Å². The van der Waals surface area contributed by atoms with Crippen LogP contribution in [0, 0.1) is 0 Å². The normalized spacial score (nSPS) is 21.5. The molecule has 5 heteroatoms. The Morgan fingerprint density at radius 2 is 2.00 bits per heavy atom. The molecule has 0 radical (unpaired) electrons. The van der Waals surface area contributed by atoms with E-state index in [0.29, 0.717) is 19.1 Å². The molecule has 0 aromatic carbocycles. The molecular formula is C14H29N3O2. The number of rotatable bonds is 7. The second-order valence-corrected chi connectivity index (χ2v) is 5.75. The zero-order valence-corrected chi connectivity index (χ0v) is 12.8. The smallest absolute Gasteiger partial charge is 0.324 e. The van der Waals surface area contributed by atoms with E-state index in [0.717, 1.165) is 32.5 Å². The molecule has 1 fully saturated rings. The maximum absolute atomic E-state index is 11.4. The summed E-state index contributed by atoms with van der Waals surface area (Å²) < 4.78 is 0. The lowest BCUT2D eigenvalue weighted by Gasteiger charge is -2.39. The fraction of sp³-hybridized carbons (Fsp3) is 0.929. The molecule has 1 aliphatic rings. The van der Waals surface area contributed by atoms with Crippen LogP contribution in [0.25, 0.3) is 0 Å².